The number of aryl methyl sites for hydroxylation is 3. The molecule has 0 aliphatic rings. The summed E-state index contributed by atoms with van der Waals surface area (Å²) in [5.41, 5.74) is 1.42. The van der Waals surface area contributed by atoms with E-state index in [0.29, 0.717) is 11.6 Å². The van der Waals surface area contributed by atoms with Gasteiger partial charge in [0.25, 0.3) is 5.91 Å². The normalized spacial score (nSPS) is 12.0. The second-order valence-electron chi connectivity index (χ2n) is 5.79. The maximum atomic E-state index is 12.8. The smallest absolute Gasteiger partial charge is 0.256 e. The van der Waals surface area contributed by atoms with Gasteiger partial charge in [-0.1, -0.05) is 0 Å². The van der Waals surface area contributed by atoms with Gasteiger partial charge < -0.3 is 9.73 Å². The van der Waals surface area contributed by atoms with Gasteiger partial charge in [0.2, 0.25) is 5.88 Å². The van der Waals surface area contributed by atoms with Gasteiger partial charge in [-0.25, -0.2) is 4.98 Å². The fourth-order valence-corrected chi connectivity index (χ4v) is 3.77. The largest absolute Gasteiger partial charge is 0.443 e. The molecular weight excluding hydrogens is 336 g/mol. The van der Waals surface area contributed by atoms with Crippen molar-refractivity contribution in [1.29, 1.82) is 5.26 Å². The van der Waals surface area contributed by atoms with Crippen molar-refractivity contribution in [2.45, 2.75) is 33.7 Å². The third-order valence-corrected chi connectivity index (χ3v) is 5.18. The number of carbonyl (C=O) groups excluding carboxylic acids is 1. The highest BCUT2D eigenvalue weighted by Crippen LogP contribution is 2.28. The van der Waals surface area contributed by atoms with Gasteiger partial charge in [-0.15, -0.1) is 11.3 Å². The maximum Gasteiger partial charge on any atom is 0.256 e. The molecule has 1 unspecified atom stereocenters. The van der Waals surface area contributed by atoms with Gasteiger partial charge in [-0.2, -0.15) is 5.26 Å². The van der Waals surface area contributed by atoms with E-state index < -0.39 is 0 Å². The summed E-state index contributed by atoms with van der Waals surface area (Å²) in [4.78, 5) is 18.2. The van der Waals surface area contributed by atoms with Crippen LogP contribution >= 0.6 is 11.3 Å². The average Bonchev–Trinajstić information content (AvgIpc) is 3.25. The number of aromatic nitrogens is 2. The molecule has 0 radical (unpaired) electrons. The Morgan fingerprint density at radius 3 is 2.60 bits per heavy atom. The summed E-state index contributed by atoms with van der Waals surface area (Å²) in [6, 6.07) is 5.56. The number of hydrogen-bond acceptors (Lipinski definition) is 5. The van der Waals surface area contributed by atoms with E-state index in [-0.39, 0.29) is 23.1 Å². The van der Waals surface area contributed by atoms with Gasteiger partial charge in [0.05, 0.1) is 16.7 Å². The number of furan rings is 1. The van der Waals surface area contributed by atoms with Crippen LogP contribution in [0.3, 0.4) is 0 Å². The van der Waals surface area contributed by atoms with Crippen molar-refractivity contribution >= 4 is 17.2 Å². The lowest BCUT2D eigenvalue weighted by atomic mass is 10.1. The predicted octanol–water partition coefficient (Wildman–Crippen LogP) is 3.81. The van der Waals surface area contributed by atoms with Crippen LogP contribution in [0.5, 0.6) is 0 Å². The summed E-state index contributed by atoms with van der Waals surface area (Å²) in [6.45, 7) is 7.46. The molecule has 1 N–H and O–H groups in total. The van der Waals surface area contributed by atoms with Crippen LogP contribution in [0.25, 0.3) is 5.88 Å². The highest BCUT2D eigenvalue weighted by atomic mass is 32.1. The van der Waals surface area contributed by atoms with Gasteiger partial charge >= 0.3 is 0 Å². The minimum Gasteiger partial charge on any atom is -0.443 e. The molecule has 0 aliphatic carbocycles. The molecule has 3 aromatic heterocycles. The van der Waals surface area contributed by atoms with Crippen molar-refractivity contribution in [3.05, 3.63) is 57.0 Å². The minimum absolute atomic E-state index is 0.199. The van der Waals surface area contributed by atoms with Crippen molar-refractivity contribution in [3.63, 3.8) is 0 Å². The van der Waals surface area contributed by atoms with Crippen molar-refractivity contribution in [2.24, 2.45) is 0 Å². The highest BCUT2D eigenvalue weighted by molar-refractivity contribution is 7.11. The number of carbonyl (C=O) groups is 1. The van der Waals surface area contributed by atoms with Crippen LogP contribution in [0.2, 0.25) is 0 Å². The lowest BCUT2D eigenvalue weighted by Crippen LogP contribution is -2.27. The van der Waals surface area contributed by atoms with Gasteiger partial charge in [0.15, 0.2) is 0 Å². The van der Waals surface area contributed by atoms with Crippen LogP contribution < -0.4 is 5.32 Å². The van der Waals surface area contributed by atoms with Crippen molar-refractivity contribution < 1.29 is 9.21 Å². The minimum atomic E-state index is -0.325. The molecule has 0 aliphatic heterocycles. The number of nitriles is 1. The summed E-state index contributed by atoms with van der Waals surface area (Å²) in [5.74, 6) is 0.448. The molecule has 0 saturated heterocycles. The van der Waals surface area contributed by atoms with E-state index in [2.05, 4.69) is 16.4 Å². The van der Waals surface area contributed by atoms with Crippen LogP contribution in [0.4, 0.5) is 0 Å². The Morgan fingerprint density at radius 1 is 1.36 bits per heavy atom. The molecule has 1 atom stereocenters. The van der Waals surface area contributed by atoms with Crippen LogP contribution in [0, 0.1) is 32.1 Å². The first kappa shape index (κ1) is 17.0. The van der Waals surface area contributed by atoms with Crippen molar-refractivity contribution in [2.75, 3.05) is 0 Å². The Kier molecular flexibility index (Phi) is 4.47. The van der Waals surface area contributed by atoms with Gasteiger partial charge in [-0.3, -0.25) is 9.36 Å². The summed E-state index contributed by atoms with van der Waals surface area (Å²) >= 11 is 1.56. The zero-order chi connectivity index (χ0) is 18.1. The predicted molar refractivity (Wildman–Crippen MR) is 95.0 cm³/mol. The fraction of sp³-hybridized carbons (Fsp3) is 0.278. The molecule has 3 heterocycles. The molecule has 0 spiro atoms. The van der Waals surface area contributed by atoms with Crippen LogP contribution in [0.15, 0.2) is 28.9 Å². The zero-order valence-corrected chi connectivity index (χ0v) is 15.3. The molecule has 128 valence electrons. The number of hydrogen-bond donors (Lipinski definition) is 1. The number of nitrogens with zero attached hydrogens (tertiary/aromatic N) is 3. The quantitative estimate of drug-likeness (QED) is 0.772. The number of rotatable bonds is 4. The van der Waals surface area contributed by atoms with E-state index in [1.54, 1.807) is 35.2 Å². The van der Waals surface area contributed by atoms with Gasteiger partial charge in [-0.05, 0) is 39.8 Å². The molecule has 0 bridgehead atoms. The summed E-state index contributed by atoms with van der Waals surface area (Å²) < 4.78 is 7.37. The Balaban J connectivity index is 1.93. The molecular formula is C18H18N4O2S. The number of thiazole rings is 1. The van der Waals surface area contributed by atoms with E-state index in [0.717, 1.165) is 15.6 Å². The third kappa shape index (κ3) is 3.08. The van der Waals surface area contributed by atoms with Crippen LogP contribution in [0.1, 0.15) is 50.2 Å². The molecule has 3 aromatic rings. The van der Waals surface area contributed by atoms with E-state index in [1.807, 2.05) is 32.9 Å². The Labute approximate surface area is 149 Å². The van der Waals surface area contributed by atoms with Crippen LogP contribution in [-0.2, 0) is 0 Å². The summed E-state index contributed by atoms with van der Waals surface area (Å²) in [6.07, 6.45) is 3.54. The zero-order valence-electron chi connectivity index (χ0n) is 14.5. The monoisotopic (exact) mass is 354 g/mol. The lowest BCUT2D eigenvalue weighted by Gasteiger charge is -2.12. The molecule has 1 amide bonds. The topological polar surface area (TPSA) is 83.8 Å². The second-order valence-corrected chi connectivity index (χ2v) is 7.03. The molecule has 0 fully saturated rings. The Hall–Kier alpha value is -2.85. The van der Waals surface area contributed by atoms with E-state index >= 15 is 0 Å². The Bertz CT molecular complexity index is 960. The number of nitrogens with one attached hydrogen (secondary N) is 1. The Morgan fingerprint density at radius 2 is 2.04 bits per heavy atom. The maximum absolute atomic E-state index is 12.8. The van der Waals surface area contributed by atoms with Gasteiger partial charge in [0.1, 0.15) is 23.0 Å². The van der Waals surface area contributed by atoms with Crippen molar-refractivity contribution in [1.82, 2.24) is 14.9 Å². The van der Waals surface area contributed by atoms with Crippen molar-refractivity contribution in [3.8, 4) is 12.0 Å². The van der Waals surface area contributed by atoms with Crippen LogP contribution in [-0.4, -0.2) is 15.5 Å². The number of amides is 1. The average molecular weight is 354 g/mol. The standard InChI is InChI=1S/C18H18N4O2S/c1-10-16(25-13(4)20-10)11(2)21-17(23)15-12(3)24-18(14(15)9-19)22-7-5-6-8-22/h5-8,11H,1-4H3,(H,21,23). The molecule has 7 heteroatoms. The summed E-state index contributed by atoms with van der Waals surface area (Å²) in [5, 5.41) is 13.5. The molecule has 25 heavy (non-hydrogen) atoms. The second kappa shape index (κ2) is 6.57. The first-order valence-electron chi connectivity index (χ1n) is 7.84. The fourth-order valence-electron chi connectivity index (χ4n) is 2.84. The van der Waals surface area contributed by atoms with E-state index in [4.69, 9.17) is 4.42 Å². The summed E-state index contributed by atoms with van der Waals surface area (Å²) in [7, 11) is 0. The first-order valence-corrected chi connectivity index (χ1v) is 8.65. The molecule has 6 nitrogen and oxygen atoms in total. The first-order chi connectivity index (χ1) is 11.9. The molecule has 0 aromatic carbocycles. The van der Waals surface area contributed by atoms with E-state index in [9.17, 15) is 10.1 Å². The van der Waals surface area contributed by atoms with Gasteiger partial charge in [0, 0.05) is 17.3 Å². The highest BCUT2D eigenvalue weighted by Gasteiger charge is 2.26. The molecule has 3 rings (SSSR count). The van der Waals surface area contributed by atoms with E-state index in [1.165, 1.54) is 0 Å². The lowest BCUT2D eigenvalue weighted by molar-refractivity contribution is 0.0938. The third-order valence-electron chi connectivity index (χ3n) is 3.92. The molecule has 0 saturated carbocycles. The SMILES string of the molecule is Cc1nc(C)c(C(C)NC(=O)c2c(C)oc(-n3cccc3)c2C#N)s1.